The number of benzene rings is 1. The molecule has 0 saturated carbocycles. The lowest BCUT2D eigenvalue weighted by atomic mass is 10.1. The highest BCUT2D eigenvalue weighted by Gasteiger charge is 2.31. The van der Waals surface area contributed by atoms with Crippen LogP contribution >= 0.6 is 0 Å². The lowest BCUT2D eigenvalue weighted by Crippen LogP contribution is -2.31. The number of ketones is 1. The van der Waals surface area contributed by atoms with Crippen LogP contribution in [0.5, 0.6) is 5.75 Å². The van der Waals surface area contributed by atoms with Gasteiger partial charge in [-0.15, -0.1) is 0 Å². The topological polar surface area (TPSA) is 68.6 Å². The Morgan fingerprint density at radius 2 is 1.89 bits per heavy atom. The summed E-state index contributed by atoms with van der Waals surface area (Å²) in [6, 6.07) is 7.81. The molecule has 0 bridgehead atoms. The first-order chi connectivity index (χ1) is 12.7. The molecular weight excluding hydrogens is 378 g/mol. The van der Waals surface area contributed by atoms with Crippen molar-refractivity contribution >= 4 is 15.8 Å². The summed E-state index contributed by atoms with van der Waals surface area (Å²) in [7, 11) is -3.34. The van der Waals surface area contributed by atoms with Gasteiger partial charge in [0.2, 0.25) is 10.0 Å². The minimum atomic E-state index is -3.34. The molecule has 3 rings (SSSR count). The number of ether oxygens (including phenoxy) is 1. The summed E-state index contributed by atoms with van der Waals surface area (Å²) in [5, 5.41) is 0. The lowest BCUT2D eigenvalue weighted by molar-refractivity contribution is -0.0498. The van der Waals surface area contributed by atoms with Crippen LogP contribution in [0.15, 0.2) is 30.3 Å². The van der Waals surface area contributed by atoms with Gasteiger partial charge >= 0.3 is 6.61 Å². The number of sulfonamides is 1. The Balaban J connectivity index is 1.85. The van der Waals surface area contributed by atoms with Crippen molar-refractivity contribution in [3.8, 4) is 11.4 Å². The van der Waals surface area contributed by atoms with Crippen LogP contribution in [0.4, 0.5) is 8.78 Å². The molecule has 9 heteroatoms. The molecule has 0 radical (unpaired) electrons. The molecule has 1 aliphatic rings. The van der Waals surface area contributed by atoms with E-state index in [4.69, 9.17) is 0 Å². The van der Waals surface area contributed by atoms with Crippen LogP contribution in [-0.2, 0) is 10.0 Å². The third kappa shape index (κ3) is 4.03. The normalized spacial score (nSPS) is 16.8. The van der Waals surface area contributed by atoms with E-state index in [1.807, 2.05) is 11.5 Å². The molecule has 1 saturated heterocycles. The van der Waals surface area contributed by atoms with Crippen LogP contribution in [0.2, 0.25) is 0 Å². The van der Waals surface area contributed by atoms with Crippen LogP contribution < -0.4 is 4.74 Å². The van der Waals surface area contributed by atoms with Crippen LogP contribution in [0.25, 0.3) is 5.69 Å². The summed E-state index contributed by atoms with van der Waals surface area (Å²) in [6.45, 7) is 0.881. The van der Waals surface area contributed by atoms with Gasteiger partial charge < -0.3 is 9.30 Å². The van der Waals surface area contributed by atoms with Gasteiger partial charge in [-0.25, -0.2) is 8.42 Å². The highest BCUT2D eigenvalue weighted by Crippen LogP contribution is 2.24. The molecule has 1 fully saturated rings. The predicted octanol–water partition coefficient (Wildman–Crippen LogP) is 2.91. The molecule has 6 nitrogen and oxygen atoms in total. The summed E-state index contributed by atoms with van der Waals surface area (Å²) in [6.07, 6.45) is 0.529. The summed E-state index contributed by atoms with van der Waals surface area (Å²) in [4.78, 5) is 12.7. The second-order valence-corrected chi connectivity index (χ2v) is 8.51. The maximum absolute atomic E-state index is 12.7. The molecule has 0 unspecified atom stereocenters. The Bertz CT molecular complexity index is 952. The molecule has 146 valence electrons. The van der Waals surface area contributed by atoms with Crippen molar-refractivity contribution in [2.24, 2.45) is 0 Å². The minimum absolute atomic E-state index is 0.0479. The number of aromatic nitrogens is 1. The van der Waals surface area contributed by atoms with E-state index in [0.717, 1.165) is 5.69 Å². The summed E-state index contributed by atoms with van der Waals surface area (Å²) < 4.78 is 55.8. The Morgan fingerprint density at radius 3 is 2.44 bits per heavy atom. The van der Waals surface area contributed by atoms with Gasteiger partial charge in [-0.05, 0) is 50.6 Å². The van der Waals surface area contributed by atoms with E-state index in [2.05, 4.69) is 4.74 Å². The van der Waals surface area contributed by atoms with E-state index in [0.29, 0.717) is 29.9 Å². The molecule has 1 aromatic heterocycles. The molecule has 1 aromatic carbocycles. The monoisotopic (exact) mass is 398 g/mol. The van der Waals surface area contributed by atoms with E-state index in [1.54, 1.807) is 25.1 Å². The quantitative estimate of drug-likeness (QED) is 0.702. The van der Waals surface area contributed by atoms with Crippen molar-refractivity contribution in [2.45, 2.75) is 26.9 Å². The molecule has 27 heavy (non-hydrogen) atoms. The summed E-state index contributed by atoms with van der Waals surface area (Å²) in [5.74, 6) is -0.143. The predicted molar refractivity (Wildman–Crippen MR) is 96.2 cm³/mol. The smallest absolute Gasteiger partial charge is 0.387 e. The highest BCUT2D eigenvalue weighted by atomic mass is 32.2. The minimum Gasteiger partial charge on any atom is -0.435 e. The number of halogens is 2. The zero-order valence-electron chi connectivity index (χ0n) is 15.0. The highest BCUT2D eigenvalue weighted by molar-refractivity contribution is 7.89. The van der Waals surface area contributed by atoms with Gasteiger partial charge in [-0.1, -0.05) is 0 Å². The number of hydrogen-bond acceptors (Lipinski definition) is 4. The Hall–Kier alpha value is -2.26. The van der Waals surface area contributed by atoms with Crippen LogP contribution in [0.1, 0.15) is 28.2 Å². The Labute approximate surface area is 156 Å². The molecule has 0 atom stereocenters. The summed E-state index contributed by atoms with van der Waals surface area (Å²) in [5.41, 5.74) is 2.58. The number of alkyl halides is 2. The number of Topliss-reactive ketones (excluding diaryl/α,β-unsaturated/α-hetero) is 1. The van der Waals surface area contributed by atoms with Crippen molar-refractivity contribution in [1.29, 1.82) is 0 Å². The van der Waals surface area contributed by atoms with Gasteiger partial charge in [0.25, 0.3) is 0 Å². The van der Waals surface area contributed by atoms with Crippen LogP contribution in [0.3, 0.4) is 0 Å². The van der Waals surface area contributed by atoms with Crippen molar-refractivity contribution in [1.82, 2.24) is 8.87 Å². The van der Waals surface area contributed by atoms with Gasteiger partial charge in [0, 0.05) is 29.2 Å². The molecule has 0 spiro atoms. The van der Waals surface area contributed by atoms with E-state index in [1.165, 1.54) is 16.4 Å². The first-order valence-electron chi connectivity index (χ1n) is 8.44. The van der Waals surface area contributed by atoms with Gasteiger partial charge in [0.05, 0.1) is 12.3 Å². The van der Waals surface area contributed by atoms with Crippen molar-refractivity contribution < 1.29 is 26.7 Å². The maximum atomic E-state index is 12.7. The van der Waals surface area contributed by atoms with Gasteiger partial charge in [0.15, 0.2) is 5.78 Å². The molecule has 0 amide bonds. The lowest BCUT2D eigenvalue weighted by Gasteiger charge is -2.14. The molecule has 0 aliphatic carbocycles. The van der Waals surface area contributed by atoms with E-state index < -0.39 is 16.6 Å². The standard InChI is InChI=1S/C18H20F2N2O4S/c1-12-10-16(17(23)11-21-8-3-9-27(21,24)25)13(2)22(12)14-4-6-15(7-5-14)26-18(19)20/h4-7,10,18H,3,8-9,11H2,1-2H3. The number of nitrogens with zero attached hydrogens (tertiary/aromatic N) is 2. The second-order valence-electron chi connectivity index (χ2n) is 6.42. The van der Waals surface area contributed by atoms with Crippen molar-refractivity contribution in [3.05, 3.63) is 47.3 Å². The van der Waals surface area contributed by atoms with Crippen LogP contribution in [0, 0.1) is 13.8 Å². The number of carbonyl (C=O) groups excluding carboxylic acids is 1. The molecule has 2 heterocycles. The Morgan fingerprint density at radius 1 is 1.22 bits per heavy atom. The van der Waals surface area contributed by atoms with Gasteiger partial charge in [-0.2, -0.15) is 13.1 Å². The van der Waals surface area contributed by atoms with Crippen molar-refractivity contribution in [3.63, 3.8) is 0 Å². The fourth-order valence-corrected chi connectivity index (χ4v) is 4.81. The van der Waals surface area contributed by atoms with Gasteiger partial charge in [-0.3, -0.25) is 4.79 Å². The average Bonchev–Trinajstić information content (AvgIpc) is 3.07. The maximum Gasteiger partial charge on any atom is 0.387 e. The fraction of sp³-hybridized carbons (Fsp3) is 0.389. The SMILES string of the molecule is Cc1cc(C(=O)CN2CCCS2(=O)=O)c(C)n1-c1ccc(OC(F)F)cc1. The third-order valence-corrected chi connectivity index (χ3v) is 6.48. The number of hydrogen-bond donors (Lipinski definition) is 0. The van der Waals surface area contributed by atoms with Crippen molar-refractivity contribution in [2.75, 3.05) is 18.8 Å². The summed E-state index contributed by atoms with van der Waals surface area (Å²) >= 11 is 0. The molecule has 2 aromatic rings. The largest absolute Gasteiger partial charge is 0.435 e. The average molecular weight is 398 g/mol. The second kappa shape index (κ2) is 7.40. The zero-order valence-corrected chi connectivity index (χ0v) is 15.8. The number of rotatable bonds is 6. The van der Waals surface area contributed by atoms with E-state index in [9.17, 15) is 22.0 Å². The molecular formula is C18H20F2N2O4S. The fourth-order valence-electron chi connectivity index (χ4n) is 3.33. The van der Waals surface area contributed by atoms with Crippen LogP contribution in [-0.4, -0.2) is 48.5 Å². The zero-order chi connectivity index (χ0) is 19.8. The van der Waals surface area contributed by atoms with E-state index in [-0.39, 0.29) is 23.8 Å². The van der Waals surface area contributed by atoms with E-state index >= 15 is 0 Å². The first-order valence-corrected chi connectivity index (χ1v) is 10.0. The number of carbonyl (C=O) groups is 1. The molecule has 0 N–H and O–H groups in total. The molecule has 1 aliphatic heterocycles. The first kappa shape index (κ1) is 19.5. The number of aryl methyl sites for hydroxylation is 1. The third-order valence-electron chi connectivity index (χ3n) is 4.57. The van der Waals surface area contributed by atoms with Gasteiger partial charge in [0.1, 0.15) is 5.75 Å². The Kier molecular flexibility index (Phi) is 5.34.